The average Bonchev–Trinajstić information content (AvgIpc) is 3.14. The third kappa shape index (κ3) is 3.23. The van der Waals surface area contributed by atoms with Crippen molar-refractivity contribution in [2.45, 2.75) is 51.1 Å². The number of H-pyrrole nitrogens is 1. The highest BCUT2D eigenvalue weighted by Gasteiger charge is 2.26. The molecule has 3 rings (SSSR count). The molecule has 2 heterocycles. The summed E-state index contributed by atoms with van der Waals surface area (Å²) in [7, 11) is 0. The molecule has 1 aromatic rings. The quantitative estimate of drug-likeness (QED) is 0.774. The Morgan fingerprint density at radius 1 is 1.27 bits per heavy atom. The van der Waals surface area contributed by atoms with Gasteiger partial charge in [0.05, 0.1) is 11.9 Å². The van der Waals surface area contributed by atoms with Crippen LogP contribution >= 0.6 is 0 Å². The number of amides is 2. The van der Waals surface area contributed by atoms with Gasteiger partial charge in [0, 0.05) is 30.7 Å². The smallest absolute Gasteiger partial charge is 0.315 e. The number of carbonyl (C=O) groups is 1. The van der Waals surface area contributed by atoms with E-state index in [0.29, 0.717) is 18.2 Å². The first-order valence-electron chi connectivity index (χ1n) is 8.00. The molecule has 7 heteroatoms. The summed E-state index contributed by atoms with van der Waals surface area (Å²) in [4.78, 5) is 25.7. The standard InChI is InChI=1S/C15H23N5O2/c1-10-13(8-16-19-14(10)21)20-7-6-12(9-20)18-15(22)17-11-4-2-3-5-11/h8,11-12H,2-7,9H2,1H3,(H,19,21)(H2,17,18,22)/t12-/m1/s1. The van der Waals surface area contributed by atoms with E-state index in [9.17, 15) is 9.59 Å². The van der Waals surface area contributed by atoms with E-state index in [0.717, 1.165) is 31.5 Å². The lowest BCUT2D eigenvalue weighted by molar-refractivity contribution is 0.234. The maximum Gasteiger partial charge on any atom is 0.315 e. The van der Waals surface area contributed by atoms with Gasteiger partial charge in [-0.05, 0) is 26.2 Å². The average molecular weight is 305 g/mol. The predicted molar refractivity (Wildman–Crippen MR) is 84.1 cm³/mol. The first-order chi connectivity index (χ1) is 10.6. The number of aromatic amines is 1. The van der Waals surface area contributed by atoms with Gasteiger partial charge in [0.25, 0.3) is 5.56 Å². The minimum atomic E-state index is -0.159. The van der Waals surface area contributed by atoms with Gasteiger partial charge in [0.2, 0.25) is 0 Å². The minimum absolute atomic E-state index is 0.0699. The molecule has 1 aromatic heterocycles. The van der Waals surface area contributed by atoms with Gasteiger partial charge in [-0.2, -0.15) is 5.10 Å². The van der Waals surface area contributed by atoms with Gasteiger partial charge in [-0.3, -0.25) is 4.79 Å². The summed E-state index contributed by atoms with van der Waals surface area (Å²) in [5, 5.41) is 12.4. The van der Waals surface area contributed by atoms with Crippen molar-refractivity contribution >= 4 is 11.7 Å². The highest BCUT2D eigenvalue weighted by molar-refractivity contribution is 5.74. The van der Waals surface area contributed by atoms with Crippen molar-refractivity contribution < 1.29 is 4.79 Å². The number of aromatic nitrogens is 2. The van der Waals surface area contributed by atoms with Gasteiger partial charge >= 0.3 is 6.03 Å². The zero-order valence-corrected chi connectivity index (χ0v) is 12.9. The van der Waals surface area contributed by atoms with Gasteiger partial charge in [-0.1, -0.05) is 12.8 Å². The van der Waals surface area contributed by atoms with Crippen LogP contribution in [-0.4, -0.2) is 41.4 Å². The number of hydrogen-bond acceptors (Lipinski definition) is 4. The molecule has 0 spiro atoms. The molecular formula is C15H23N5O2. The van der Waals surface area contributed by atoms with Crippen molar-refractivity contribution in [2.24, 2.45) is 0 Å². The lowest BCUT2D eigenvalue weighted by atomic mass is 10.2. The molecule has 22 heavy (non-hydrogen) atoms. The molecule has 120 valence electrons. The molecule has 2 fully saturated rings. The van der Waals surface area contributed by atoms with E-state index in [4.69, 9.17) is 0 Å². The Morgan fingerprint density at radius 3 is 2.77 bits per heavy atom. The van der Waals surface area contributed by atoms with Crippen LogP contribution < -0.4 is 21.1 Å². The van der Waals surface area contributed by atoms with Crippen LogP contribution in [0.2, 0.25) is 0 Å². The molecule has 3 N–H and O–H groups in total. The first kappa shape index (κ1) is 14.9. The minimum Gasteiger partial charge on any atom is -0.368 e. The fraction of sp³-hybridized carbons (Fsp3) is 0.667. The van der Waals surface area contributed by atoms with Crippen LogP contribution in [0, 0.1) is 6.92 Å². The van der Waals surface area contributed by atoms with Crippen molar-refractivity contribution in [3.8, 4) is 0 Å². The lowest BCUT2D eigenvalue weighted by Gasteiger charge is -2.20. The summed E-state index contributed by atoms with van der Waals surface area (Å²) in [6.07, 6.45) is 7.14. The molecule has 0 radical (unpaired) electrons. The van der Waals surface area contributed by atoms with Crippen molar-refractivity contribution in [3.63, 3.8) is 0 Å². The second-order valence-corrected chi connectivity index (χ2v) is 6.24. The van der Waals surface area contributed by atoms with Gasteiger partial charge < -0.3 is 15.5 Å². The van der Waals surface area contributed by atoms with E-state index < -0.39 is 0 Å². The number of anilines is 1. The zero-order valence-electron chi connectivity index (χ0n) is 12.9. The number of rotatable bonds is 3. The maximum absolute atomic E-state index is 12.0. The van der Waals surface area contributed by atoms with Gasteiger partial charge in [0.1, 0.15) is 0 Å². The Labute approximate surface area is 129 Å². The summed E-state index contributed by atoms with van der Waals surface area (Å²) in [5.74, 6) is 0. The van der Waals surface area contributed by atoms with E-state index in [1.54, 1.807) is 13.1 Å². The van der Waals surface area contributed by atoms with E-state index in [-0.39, 0.29) is 17.6 Å². The number of hydrogen-bond donors (Lipinski definition) is 3. The summed E-state index contributed by atoms with van der Waals surface area (Å²) in [6.45, 7) is 3.33. The van der Waals surface area contributed by atoms with E-state index in [1.165, 1.54) is 12.8 Å². The lowest BCUT2D eigenvalue weighted by Crippen LogP contribution is -2.46. The molecule has 0 aromatic carbocycles. The second kappa shape index (κ2) is 6.37. The van der Waals surface area contributed by atoms with Gasteiger partial charge in [-0.25, -0.2) is 9.89 Å². The van der Waals surface area contributed by atoms with Crippen LogP contribution in [-0.2, 0) is 0 Å². The molecule has 7 nitrogen and oxygen atoms in total. The number of urea groups is 1. The molecular weight excluding hydrogens is 282 g/mol. The summed E-state index contributed by atoms with van der Waals surface area (Å²) >= 11 is 0. The van der Waals surface area contributed by atoms with Crippen molar-refractivity contribution in [2.75, 3.05) is 18.0 Å². The third-order valence-electron chi connectivity index (χ3n) is 4.63. The maximum atomic E-state index is 12.0. The Morgan fingerprint density at radius 2 is 2.00 bits per heavy atom. The van der Waals surface area contributed by atoms with E-state index in [1.807, 2.05) is 0 Å². The van der Waals surface area contributed by atoms with Crippen LogP contribution in [0.4, 0.5) is 10.5 Å². The Kier molecular flexibility index (Phi) is 4.31. The predicted octanol–water partition coefficient (Wildman–Crippen LogP) is 0.899. The number of nitrogens with zero attached hydrogens (tertiary/aromatic N) is 2. The summed E-state index contributed by atoms with van der Waals surface area (Å²) in [5.41, 5.74) is 1.36. The first-order valence-corrected chi connectivity index (χ1v) is 8.00. The molecule has 0 unspecified atom stereocenters. The fourth-order valence-electron chi connectivity index (χ4n) is 3.35. The Balaban J connectivity index is 1.54. The van der Waals surface area contributed by atoms with Crippen molar-refractivity contribution in [3.05, 3.63) is 22.1 Å². The Bertz CT molecular complexity index is 594. The number of nitrogens with one attached hydrogen (secondary N) is 3. The van der Waals surface area contributed by atoms with Crippen LogP contribution in [0.1, 0.15) is 37.7 Å². The van der Waals surface area contributed by atoms with E-state index in [2.05, 4.69) is 25.7 Å². The summed E-state index contributed by atoms with van der Waals surface area (Å²) in [6, 6.07) is 0.372. The van der Waals surface area contributed by atoms with Crippen LogP contribution in [0.5, 0.6) is 0 Å². The topological polar surface area (TPSA) is 90.1 Å². The molecule has 1 aliphatic carbocycles. The highest BCUT2D eigenvalue weighted by Crippen LogP contribution is 2.21. The third-order valence-corrected chi connectivity index (χ3v) is 4.63. The molecule has 2 amide bonds. The molecule has 1 aliphatic heterocycles. The van der Waals surface area contributed by atoms with Crippen molar-refractivity contribution in [1.29, 1.82) is 0 Å². The molecule has 2 aliphatic rings. The zero-order chi connectivity index (χ0) is 15.5. The Hall–Kier alpha value is -2.05. The SMILES string of the molecule is Cc1c(N2CC[C@@H](NC(=O)NC3CCCC3)C2)cn[nH]c1=O. The number of carbonyl (C=O) groups excluding carboxylic acids is 1. The second-order valence-electron chi connectivity index (χ2n) is 6.24. The summed E-state index contributed by atoms with van der Waals surface area (Å²) < 4.78 is 0. The fourth-order valence-corrected chi connectivity index (χ4v) is 3.35. The van der Waals surface area contributed by atoms with Gasteiger partial charge in [0.15, 0.2) is 0 Å². The van der Waals surface area contributed by atoms with Gasteiger partial charge in [-0.15, -0.1) is 0 Å². The van der Waals surface area contributed by atoms with E-state index >= 15 is 0 Å². The monoisotopic (exact) mass is 305 g/mol. The largest absolute Gasteiger partial charge is 0.368 e. The highest BCUT2D eigenvalue weighted by atomic mass is 16.2. The van der Waals surface area contributed by atoms with Crippen LogP contribution in [0.3, 0.4) is 0 Å². The van der Waals surface area contributed by atoms with Crippen molar-refractivity contribution in [1.82, 2.24) is 20.8 Å². The van der Waals surface area contributed by atoms with Crippen LogP contribution in [0.15, 0.2) is 11.0 Å². The normalized spacial score (nSPS) is 22.0. The molecule has 1 saturated heterocycles. The molecule has 1 saturated carbocycles. The molecule has 0 bridgehead atoms. The molecule has 1 atom stereocenters. The van der Waals surface area contributed by atoms with Crippen LogP contribution in [0.25, 0.3) is 0 Å².